The van der Waals surface area contributed by atoms with E-state index in [0.29, 0.717) is 11.3 Å². The first kappa shape index (κ1) is 12.7. The van der Waals surface area contributed by atoms with E-state index in [4.69, 9.17) is 4.74 Å². The molecule has 1 saturated heterocycles. The minimum Gasteiger partial charge on any atom is -0.501 e. The van der Waals surface area contributed by atoms with Crippen LogP contribution >= 0.6 is 23.5 Å². The lowest BCUT2D eigenvalue weighted by atomic mass is 9.98. The van der Waals surface area contributed by atoms with Gasteiger partial charge in [0.2, 0.25) is 0 Å². The summed E-state index contributed by atoms with van der Waals surface area (Å²) in [5.74, 6) is 2.58. The maximum Gasteiger partial charge on any atom is 0.0876 e. The third-order valence-electron chi connectivity index (χ3n) is 3.24. The Kier molecular flexibility index (Phi) is 4.92. The second-order valence-corrected chi connectivity index (χ2v) is 7.12. The molecule has 2 nitrogen and oxygen atoms in total. The van der Waals surface area contributed by atoms with Crippen LogP contribution in [0.5, 0.6) is 0 Å². The number of ether oxygens (including phenoxy) is 1. The molecule has 0 aromatic heterocycles. The van der Waals surface area contributed by atoms with Gasteiger partial charge in [-0.05, 0) is 25.5 Å². The summed E-state index contributed by atoms with van der Waals surface area (Å²) in [7, 11) is 2.08. The summed E-state index contributed by atoms with van der Waals surface area (Å²) < 4.78 is 5.47. The van der Waals surface area contributed by atoms with Crippen LogP contribution < -0.4 is 5.32 Å². The predicted octanol–water partition coefficient (Wildman–Crippen LogP) is 2.51. The molecule has 2 rings (SSSR count). The SMILES string of the molecule is CNC(C1=COCCC1)C1SCCSC1C. The second kappa shape index (κ2) is 6.22. The van der Waals surface area contributed by atoms with Gasteiger partial charge in [-0.25, -0.2) is 0 Å². The smallest absolute Gasteiger partial charge is 0.0876 e. The summed E-state index contributed by atoms with van der Waals surface area (Å²) >= 11 is 4.22. The van der Waals surface area contributed by atoms with Crippen molar-refractivity contribution in [2.75, 3.05) is 25.2 Å². The first-order valence-electron chi connectivity index (χ1n) is 6.04. The van der Waals surface area contributed by atoms with E-state index >= 15 is 0 Å². The van der Waals surface area contributed by atoms with Crippen molar-refractivity contribution < 1.29 is 4.74 Å². The first-order chi connectivity index (χ1) is 7.83. The van der Waals surface area contributed by atoms with Crippen LogP contribution in [0.4, 0.5) is 0 Å². The van der Waals surface area contributed by atoms with Crippen molar-refractivity contribution in [2.45, 2.75) is 36.3 Å². The maximum absolute atomic E-state index is 5.47. The summed E-state index contributed by atoms with van der Waals surface area (Å²) in [6, 6.07) is 0.494. The summed E-state index contributed by atoms with van der Waals surface area (Å²) in [5.41, 5.74) is 1.46. The van der Waals surface area contributed by atoms with Gasteiger partial charge in [0, 0.05) is 28.0 Å². The minimum absolute atomic E-state index is 0.494. The second-order valence-electron chi connectivity index (χ2n) is 4.34. The topological polar surface area (TPSA) is 21.3 Å². The van der Waals surface area contributed by atoms with Crippen molar-refractivity contribution >= 4 is 23.5 Å². The monoisotopic (exact) mass is 259 g/mol. The molecule has 2 heterocycles. The van der Waals surface area contributed by atoms with Gasteiger partial charge in [-0.1, -0.05) is 6.92 Å². The van der Waals surface area contributed by atoms with Crippen molar-refractivity contribution in [3.05, 3.63) is 11.8 Å². The van der Waals surface area contributed by atoms with E-state index in [1.807, 2.05) is 6.26 Å². The fourth-order valence-electron chi connectivity index (χ4n) is 2.39. The molecule has 3 atom stereocenters. The Labute approximate surface area is 107 Å². The zero-order valence-corrected chi connectivity index (χ0v) is 11.7. The lowest BCUT2D eigenvalue weighted by Gasteiger charge is -2.36. The zero-order chi connectivity index (χ0) is 11.4. The van der Waals surface area contributed by atoms with Gasteiger partial charge >= 0.3 is 0 Å². The van der Waals surface area contributed by atoms with Crippen molar-refractivity contribution in [2.24, 2.45) is 0 Å². The highest BCUT2D eigenvalue weighted by atomic mass is 32.2. The van der Waals surface area contributed by atoms with Gasteiger partial charge in [-0.3, -0.25) is 0 Å². The van der Waals surface area contributed by atoms with Crippen molar-refractivity contribution in [3.8, 4) is 0 Å². The molecule has 1 fully saturated rings. The molecule has 0 amide bonds. The Morgan fingerprint density at radius 2 is 2.25 bits per heavy atom. The van der Waals surface area contributed by atoms with Crippen LogP contribution in [0, 0.1) is 0 Å². The quantitative estimate of drug-likeness (QED) is 0.840. The highest BCUT2D eigenvalue weighted by Crippen LogP contribution is 2.36. The number of hydrogen-bond acceptors (Lipinski definition) is 4. The number of rotatable bonds is 3. The number of hydrogen-bond donors (Lipinski definition) is 1. The van der Waals surface area contributed by atoms with E-state index in [2.05, 4.69) is 42.8 Å². The molecular formula is C12H21NOS2. The van der Waals surface area contributed by atoms with E-state index < -0.39 is 0 Å². The molecule has 0 saturated carbocycles. The lowest BCUT2D eigenvalue weighted by Crippen LogP contribution is -2.44. The highest BCUT2D eigenvalue weighted by molar-refractivity contribution is 8.07. The fourth-order valence-corrected chi connectivity index (χ4v) is 5.40. The van der Waals surface area contributed by atoms with Crippen LogP contribution in [0.25, 0.3) is 0 Å². The van der Waals surface area contributed by atoms with Crippen LogP contribution in [0.3, 0.4) is 0 Å². The molecule has 2 aliphatic rings. The molecule has 0 aliphatic carbocycles. The summed E-state index contributed by atoms with van der Waals surface area (Å²) in [5, 5.41) is 4.92. The standard InChI is InChI=1S/C12H21NOS2/c1-9-12(16-7-6-15-9)11(13-2)10-4-3-5-14-8-10/h8-9,11-13H,3-7H2,1-2H3. The number of nitrogens with one attached hydrogen (secondary N) is 1. The molecule has 0 bridgehead atoms. The molecule has 3 unspecified atom stereocenters. The normalized spacial score (nSPS) is 32.8. The minimum atomic E-state index is 0.494. The molecule has 0 aromatic rings. The Bertz CT molecular complexity index is 257. The Hall–Kier alpha value is 0.200. The Morgan fingerprint density at radius 3 is 2.88 bits per heavy atom. The average molecular weight is 259 g/mol. The molecule has 4 heteroatoms. The summed E-state index contributed by atoms with van der Waals surface area (Å²) in [4.78, 5) is 0. The highest BCUT2D eigenvalue weighted by Gasteiger charge is 2.32. The fraction of sp³-hybridized carbons (Fsp3) is 0.833. The lowest BCUT2D eigenvalue weighted by molar-refractivity contribution is 0.219. The average Bonchev–Trinajstić information content (AvgIpc) is 2.34. The molecular weight excluding hydrogens is 238 g/mol. The number of likely N-dealkylation sites (N-methyl/N-ethyl adjacent to an activating group) is 1. The van der Waals surface area contributed by atoms with E-state index in [-0.39, 0.29) is 0 Å². The molecule has 0 spiro atoms. The van der Waals surface area contributed by atoms with Crippen molar-refractivity contribution in [1.82, 2.24) is 5.32 Å². The van der Waals surface area contributed by atoms with Gasteiger partial charge in [0.05, 0.1) is 12.9 Å². The predicted molar refractivity (Wildman–Crippen MR) is 74.3 cm³/mol. The van der Waals surface area contributed by atoms with Gasteiger partial charge < -0.3 is 10.1 Å². The zero-order valence-electron chi connectivity index (χ0n) is 10.1. The van der Waals surface area contributed by atoms with Crippen LogP contribution in [-0.4, -0.2) is 41.7 Å². The molecule has 0 radical (unpaired) electrons. The van der Waals surface area contributed by atoms with Crippen LogP contribution in [-0.2, 0) is 4.74 Å². The maximum atomic E-state index is 5.47. The number of thioether (sulfide) groups is 2. The molecule has 1 N–H and O–H groups in total. The van der Waals surface area contributed by atoms with Gasteiger partial charge in [-0.15, -0.1) is 0 Å². The van der Waals surface area contributed by atoms with Gasteiger partial charge in [-0.2, -0.15) is 23.5 Å². The van der Waals surface area contributed by atoms with Gasteiger partial charge in [0.15, 0.2) is 0 Å². The van der Waals surface area contributed by atoms with Gasteiger partial charge in [0.1, 0.15) is 0 Å². The third-order valence-corrected chi connectivity index (χ3v) is 6.43. The Balaban J connectivity index is 2.05. The molecule has 0 aromatic carbocycles. The molecule has 16 heavy (non-hydrogen) atoms. The molecule has 92 valence electrons. The third kappa shape index (κ3) is 2.90. The van der Waals surface area contributed by atoms with Crippen LogP contribution in [0.15, 0.2) is 11.8 Å². The van der Waals surface area contributed by atoms with Crippen molar-refractivity contribution in [3.63, 3.8) is 0 Å². The Morgan fingerprint density at radius 1 is 1.44 bits per heavy atom. The van der Waals surface area contributed by atoms with Crippen LogP contribution in [0.1, 0.15) is 19.8 Å². The van der Waals surface area contributed by atoms with Crippen LogP contribution in [0.2, 0.25) is 0 Å². The van der Waals surface area contributed by atoms with E-state index in [0.717, 1.165) is 11.9 Å². The summed E-state index contributed by atoms with van der Waals surface area (Å²) in [6.07, 6.45) is 4.36. The van der Waals surface area contributed by atoms with E-state index in [9.17, 15) is 0 Å². The van der Waals surface area contributed by atoms with E-state index in [1.165, 1.54) is 29.9 Å². The largest absolute Gasteiger partial charge is 0.501 e. The van der Waals surface area contributed by atoms with Crippen molar-refractivity contribution in [1.29, 1.82) is 0 Å². The van der Waals surface area contributed by atoms with E-state index in [1.54, 1.807) is 0 Å². The van der Waals surface area contributed by atoms with Gasteiger partial charge in [0.25, 0.3) is 0 Å². The summed E-state index contributed by atoms with van der Waals surface area (Å²) in [6.45, 7) is 3.25. The first-order valence-corrected chi connectivity index (χ1v) is 8.13. The molecule has 2 aliphatic heterocycles.